The lowest BCUT2D eigenvalue weighted by Crippen LogP contribution is -2.43. The molecule has 3 aromatic heterocycles. The Hall–Kier alpha value is -3.05. The van der Waals surface area contributed by atoms with Gasteiger partial charge in [0.1, 0.15) is 24.5 Å². The number of carbonyl (C=O) groups excluding carboxylic acids is 3. The Bertz CT molecular complexity index is 1080. The number of thiophene rings is 2. The molecule has 0 aliphatic rings. The van der Waals surface area contributed by atoms with Crippen LogP contribution >= 0.6 is 22.7 Å². The lowest BCUT2D eigenvalue weighted by molar-refractivity contribution is -0.152. The van der Waals surface area contributed by atoms with Crippen molar-refractivity contribution in [1.82, 2.24) is 14.5 Å². The molecule has 1 amide bonds. The number of fused-ring (bicyclic) bond motifs is 1. The maximum absolute atomic E-state index is 13.0. The number of amides is 1. The third-order valence-electron chi connectivity index (χ3n) is 4.10. The highest BCUT2D eigenvalue weighted by Crippen LogP contribution is 2.33. The molecule has 9 nitrogen and oxygen atoms in total. The second-order valence-corrected chi connectivity index (χ2v) is 7.69. The van der Waals surface area contributed by atoms with Crippen molar-refractivity contribution in [3.63, 3.8) is 0 Å². The summed E-state index contributed by atoms with van der Waals surface area (Å²) < 4.78 is 10.3. The van der Waals surface area contributed by atoms with E-state index in [0.29, 0.717) is 10.2 Å². The first-order chi connectivity index (χ1) is 13.9. The maximum Gasteiger partial charge on any atom is 0.325 e. The number of hydrogen-bond acceptors (Lipinski definition) is 9. The van der Waals surface area contributed by atoms with E-state index < -0.39 is 30.9 Å². The zero-order valence-corrected chi connectivity index (χ0v) is 17.2. The van der Waals surface area contributed by atoms with Crippen LogP contribution in [0.5, 0.6) is 0 Å². The summed E-state index contributed by atoms with van der Waals surface area (Å²) >= 11 is 2.85. The molecular formula is C18H17N3O6S2. The van der Waals surface area contributed by atoms with Gasteiger partial charge in [0.2, 0.25) is 5.91 Å². The lowest BCUT2D eigenvalue weighted by Gasteiger charge is -2.20. The molecule has 0 aliphatic carbocycles. The molecule has 3 rings (SSSR count). The van der Waals surface area contributed by atoms with E-state index in [1.807, 2.05) is 22.9 Å². The van der Waals surface area contributed by atoms with Gasteiger partial charge in [0.25, 0.3) is 5.56 Å². The van der Waals surface area contributed by atoms with Crippen LogP contribution in [-0.4, -0.2) is 59.6 Å². The molecule has 0 atom stereocenters. The number of nitrogens with zero attached hydrogens (tertiary/aromatic N) is 3. The Morgan fingerprint density at radius 1 is 1.14 bits per heavy atom. The van der Waals surface area contributed by atoms with E-state index in [4.69, 9.17) is 0 Å². The quantitative estimate of drug-likeness (QED) is 0.516. The van der Waals surface area contributed by atoms with E-state index in [9.17, 15) is 19.2 Å². The van der Waals surface area contributed by atoms with Crippen LogP contribution in [0.15, 0.2) is 34.0 Å². The molecule has 29 heavy (non-hydrogen) atoms. The minimum Gasteiger partial charge on any atom is -0.468 e. The molecule has 3 aromatic rings. The summed E-state index contributed by atoms with van der Waals surface area (Å²) in [7, 11) is 2.35. The normalized spacial score (nSPS) is 10.7. The van der Waals surface area contributed by atoms with Crippen LogP contribution in [0.4, 0.5) is 0 Å². The van der Waals surface area contributed by atoms with Crippen LogP contribution in [-0.2, 0) is 30.4 Å². The van der Waals surface area contributed by atoms with Gasteiger partial charge >= 0.3 is 11.9 Å². The third-order valence-corrected chi connectivity index (χ3v) is 5.89. The smallest absolute Gasteiger partial charge is 0.325 e. The van der Waals surface area contributed by atoms with Gasteiger partial charge in [0.05, 0.1) is 25.9 Å². The summed E-state index contributed by atoms with van der Waals surface area (Å²) in [6.45, 7) is -1.25. The van der Waals surface area contributed by atoms with E-state index in [1.165, 1.54) is 43.2 Å². The first-order valence-corrected chi connectivity index (χ1v) is 10.1. The molecular weight excluding hydrogens is 418 g/mol. The van der Waals surface area contributed by atoms with Crippen LogP contribution in [0, 0.1) is 0 Å². The van der Waals surface area contributed by atoms with Gasteiger partial charge in [-0.1, -0.05) is 6.07 Å². The fourth-order valence-electron chi connectivity index (χ4n) is 2.61. The summed E-state index contributed by atoms with van der Waals surface area (Å²) in [6.07, 6.45) is 1.28. The molecule has 0 N–H and O–H groups in total. The van der Waals surface area contributed by atoms with Crippen molar-refractivity contribution in [2.75, 3.05) is 27.3 Å². The summed E-state index contributed by atoms with van der Waals surface area (Å²) in [4.78, 5) is 55.6. The number of aromatic nitrogens is 2. The topological polar surface area (TPSA) is 108 Å². The van der Waals surface area contributed by atoms with E-state index >= 15 is 0 Å². The third kappa shape index (κ3) is 4.51. The number of hydrogen-bond donors (Lipinski definition) is 0. The maximum atomic E-state index is 13.0. The van der Waals surface area contributed by atoms with Crippen molar-refractivity contribution >= 4 is 50.7 Å². The van der Waals surface area contributed by atoms with E-state index in [2.05, 4.69) is 14.5 Å². The highest BCUT2D eigenvalue weighted by atomic mass is 32.1. The monoisotopic (exact) mass is 435 g/mol. The van der Waals surface area contributed by atoms with Gasteiger partial charge in [0.15, 0.2) is 0 Å². The number of rotatable bonds is 7. The van der Waals surface area contributed by atoms with Crippen molar-refractivity contribution in [3.8, 4) is 10.4 Å². The van der Waals surface area contributed by atoms with Crippen LogP contribution < -0.4 is 5.56 Å². The van der Waals surface area contributed by atoms with Gasteiger partial charge in [0, 0.05) is 15.8 Å². The molecule has 0 unspecified atom stereocenters. The van der Waals surface area contributed by atoms with Gasteiger partial charge in [-0.15, -0.1) is 22.7 Å². The molecule has 152 valence electrons. The minimum atomic E-state index is -0.694. The molecule has 0 aliphatic heterocycles. The number of methoxy groups -OCH3 is 2. The van der Waals surface area contributed by atoms with Gasteiger partial charge in [-0.25, -0.2) is 4.98 Å². The van der Waals surface area contributed by atoms with Crippen molar-refractivity contribution in [1.29, 1.82) is 0 Å². The Kier molecular flexibility index (Phi) is 6.39. The summed E-state index contributed by atoms with van der Waals surface area (Å²) in [5.41, 5.74) is 0.393. The predicted octanol–water partition coefficient (Wildman–Crippen LogP) is 1.36. The highest BCUT2D eigenvalue weighted by Gasteiger charge is 2.22. The fourth-order valence-corrected chi connectivity index (χ4v) is 4.33. The standard InChI is InChI=1S/C18H17N3O6S2/c1-26-14(23)7-20(8-15(24)27-2)13(22)6-21-10-19-17-16(18(21)25)11(9-29-17)12-4-3-5-28-12/h3-5,9-10H,6-8H2,1-2H3. The Morgan fingerprint density at radius 2 is 1.83 bits per heavy atom. The van der Waals surface area contributed by atoms with Gasteiger partial charge in [-0.3, -0.25) is 23.7 Å². The van der Waals surface area contributed by atoms with Crippen molar-refractivity contribution in [2.45, 2.75) is 6.54 Å². The molecule has 0 saturated carbocycles. The number of ether oxygens (including phenoxy) is 2. The van der Waals surface area contributed by atoms with Gasteiger partial charge in [-0.2, -0.15) is 0 Å². The Balaban J connectivity index is 1.91. The average molecular weight is 435 g/mol. The lowest BCUT2D eigenvalue weighted by atomic mass is 10.2. The van der Waals surface area contributed by atoms with E-state index in [1.54, 1.807) is 0 Å². The van der Waals surface area contributed by atoms with Gasteiger partial charge in [-0.05, 0) is 11.4 Å². The van der Waals surface area contributed by atoms with Crippen molar-refractivity contribution < 1.29 is 23.9 Å². The first kappa shape index (κ1) is 20.7. The molecule has 3 heterocycles. The van der Waals surface area contributed by atoms with E-state index in [0.717, 1.165) is 19.9 Å². The molecule has 0 saturated heterocycles. The molecule has 11 heteroatoms. The molecule has 0 bridgehead atoms. The van der Waals surface area contributed by atoms with Crippen molar-refractivity contribution in [2.24, 2.45) is 0 Å². The molecule has 0 radical (unpaired) electrons. The SMILES string of the molecule is COC(=O)CN(CC(=O)OC)C(=O)Cn1cnc2scc(-c3cccs3)c2c1=O. The zero-order chi connectivity index (χ0) is 21.0. The Morgan fingerprint density at radius 3 is 2.41 bits per heavy atom. The average Bonchev–Trinajstić information content (AvgIpc) is 3.38. The van der Waals surface area contributed by atoms with Crippen LogP contribution in [0.1, 0.15) is 0 Å². The highest BCUT2D eigenvalue weighted by molar-refractivity contribution is 7.18. The zero-order valence-electron chi connectivity index (χ0n) is 15.6. The summed E-state index contributed by atoms with van der Waals surface area (Å²) in [5.74, 6) is -2.00. The second kappa shape index (κ2) is 8.97. The van der Waals surface area contributed by atoms with Crippen LogP contribution in [0.3, 0.4) is 0 Å². The first-order valence-electron chi connectivity index (χ1n) is 8.36. The Labute approximate surface area is 173 Å². The molecule has 0 aromatic carbocycles. The summed E-state index contributed by atoms with van der Waals surface area (Å²) in [5, 5.41) is 4.20. The number of esters is 2. The minimum absolute atomic E-state index is 0.371. The largest absolute Gasteiger partial charge is 0.468 e. The predicted molar refractivity (Wildman–Crippen MR) is 108 cm³/mol. The second-order valence-electron chi connectivity index (χ2n) is 5.89. The van der Waals surface area contributed by atoms with Gasteiger partial charge < -0.3 is 14.4 Å². The summed E-state index contributed by atoms with van der Waals surface area (Å²) in [6, 6.07) is 3.79. The van der Waals surface area contributed by atoms with E-state index in [-0.39, 0.29) is 12.1 Å². The fraction of sp³-hybridized carbons (Fsp3) is 0.278. The van der Waals surface area contributed by atoms with Crippen molar-refractivity contribution in [3.05, 3.63) is 39.6 Å². The number of carbonyl (C=O) groups is 3. The molecule has 0 fully saturated rings. The molecule has 0 spiro atoms. The van der Waals surface area contributed by atoms with Crippen LogP contribution in [0.25, 0.3) is 20.7 Å². The van der Waals surface area contributed by atoms with Crippen LogP contribution in [0.2, 0.25) is 0 Å².